The highest BCUT2D eigenvalue weighted by Crippen LogP contribution is 2.23. The van der Waals surface area contributed by atoms with Gasteiger partial charge in [0.05, 0.1) is 7.11 Å². The van der Waals surface area contributed by atoms with Crippen molar-refractivity contribution in [3.63, 3.8) is 0 Å². The third kappa shape index (κ3) is 3.53. The average molecular weight is 319 g/mol. The van der Waals surface area contributed by atoms with Crippen molar-refractivity contribution in [2.45, 2.75) is 13.0 Å². The Balaban J connectivity index is 2.49. The number of halogens is 2. The molecule has 1 unspecified atom stereocenters. The first-order chi connectivity index (χ1) is 11.0. The van der Waals surface area contributed by atoms with E-state index in [9.17, 15) is 18.4 Å². The van der Waals surface area contributed by atoms with Crippen molar-refractivity contribution in [3.05, 3.63) is 65.7 Å². The number of esters is 1. The van der Waals surface area contributed by atoms with E-state index >= 15 is 0 Å². The number of ether oxygens (including phenoxy) is 1. The summed E-state index contributed by atoms with van der Waals surface area (Å²) < 4.78 is 31.3. The van der Waals surface area contributed by atoms with Crippen molar-refractivity contribution in [1.29, 1.82) is 0 Å². The van der Waals surface area contributed by atoms with Gasteiger partial charge in [-0.15, -0.1) is 0 Å². The predicted molar refractivity (Wildman–Crippen MR) is 81.1 cm³/mol. The van der Waals surface area contributed by atoms with E-state index in [-0.39, 0.29) is 5.69 Å². The highest BCUT2D eigenvalue weighted by Gasteiger charge is 2.29. The molecular formula is C17H15F2NO3. The first-order valence-corrected chi connectivity index (χ1v) is 6.87. The van der Waals surface area contributed by atoms with Gasteiger partial charge in [-0.1, -0.05) is 18.2 Å². The minimum atomic E-state index is -1.11. The van der Waals surface area contributed by atoms with Gasteiger partial charge in [-0.05, 0) is 31.2 Å². The molecule has 0 saturated carbocycles. The Bertz CT molecular complexity index is 719. The standard InChI is InChI=1S/C17H15F2NO3/c1-11(17(22)23-2)20(13-8-9-14(18)15(19)10-13)16(21)12-6-4-3-5-7-12/h3-11H,1-2H3. The normalized spacial score (nSPS) is 11.7. The summed E-state index contributed by atoms with van der Waals surface area (Å²) >= 11 is 0. The maximum atomic E-state index is 13.5. The first kappa shape index (κ1) is 16.6. The minimum Gasteiger partial charge on any atom is -0.467 e. The Labute approximate surface area is 132 Å². The molecule has 2 rings (SSSR count). The summed E-state index contributed by atoms with van der Waals surface area (Å²) in [6.07, 6.45) is 0. The summed E-state index contributed by atoms with van der Waals surface area (Å²) in [6, 6.07) is 10.2. The molecule has 2 aromatic rings. The van der Waals surface area contributed by atoms with Crippen LogP contribution in [0, 0.1) is 11.6 Å². The van der Waals surface area contributed by atoms with Crippen molar-refractivity contribution in [1.82, 2.24) is 0 Å². The Hall–Kier alpha value is -2.76. The average Bonchev–Trinajstić information content (AvgIpc) is 2.58. The third-order valence-electron chi connectivity index (χ3n) is 3.35. The third-order valence-corrected chi connectivity index (χ3v) is 3.35. The molecule has 1 amide bonds. The van der Waals surface area contributed by atoms with Crippen molar-refractivity contribution in [2.75, 3.05) is 12.0 Å². The summed E-state index contributed by atoms with van der Waals surface area (Å²) in [5.74, 6) is -3.33. The molecule has 0 N–H and O–H groups in total. The molecule has 0 bridgehead atoms. The molecular weight excluding hydrogens is 304 g/mol. The van der Waals surface area contributed by atoms with Crippen LogP contribution in [0.3, 0.4) is 0 Å². The van der Waals surface area contributed by atoms with Crippen LogP contribution in [0.2, 0.25) is 0 Å². The lowest BCUT2D eigenvalue weighted by atomic mass is 10.1. The van der Waals surface area contributed by atoms with Crippen LogP contribution in [0.25, 0.3) is 0 Å². The van der Waals surface area contributed by atoms with Crippen LogP contribution in [0.5, 0.6) is 0 Å². The smallest absolute Gasteiger partial charge is 0.328 e. The maximum Gasteiger partial charge on any atom is 0.328 e. The quantitative estimate of drug-likeness (QED) is 0.813. The molecule has 0 radical (unpaired) electrons. The number of amides is 1. The van der Waals surface area contributed by atoms with E-state index < -0.39 is 29.6 Å². The van der Waals surface area contributed by atoms with Gasteiger partial charge in [-0.2, -0.15) is 0 Å². The van der Waals surface area contributed by atoms with Gasteiger partial charge in [0.25, 0.3) is 5.91 Å². The van der Waals surface area contributed by atoms with E-state index in [1.165, 1.54) is 20.1 Å². The predicted octanol–water partition coefficient (Wildman–Crippen LogP) is 3.17. The molecule has 0 aromatic heterocycles. The molecule has 1 atom stereocenters. The molecule has 0 aliphatic heterocycles. The molecule has 0 spiro atoms. The monoisotopic (exact) mass is 319 g/mol. The second-order valence-corrected chi connectivity index (χ2v) is 4.84. The van der Waals surface area contributed by atoms with Gasteiger partial charge in [-0.3, -0.25) is 9.69 Å². The van der Waals surface area contributed by atoms with Crippen LogP contribution < -0.4 is 4.90 Å². The molecule has 0 aliphatic rings. The van der Waals surface area contributed by atoms with E-state index in [1.54, 1.807) is 30.3 Å². The molecule has 6 heteroatoms. The SMILES string of the molecule is COC(=O)C(C)N(C(=O)c1ccccc1)c1ccc(F)c(F)c1. The molecule has 23 heavy (non-hydrogen) atoms. The van der Waals surface area contributed by atoms with Crippen LogP contribution in [-0.4, -0.2) is 25.0 Å². The maximum absolute atomic E-state index is 13.5. The van der Waals surface area contributed by atoms with E-state index in [1.807, 2.05) is 0 Å². The van der Waals surface area contributed by atoms with E-state index in [2.05, 4.69) is 4.74 Å². The zero-order valence-corrected chi connectivity index (χ0v) is 12.6. The molecule has 2 aromatic carbocycles. The topological polar surface area (TPSA) is 46.6 Å². The zero-order valence-electron chi connectivity index (χ0n) is 12.6. The van der Waals surface area contributed by atoms with E-state index in [4.69, 9.17) is 0 Å². The van der Waals surface area contributed by atoms with Gasteiger partial charge in [0.1, 0.15) is 6.04 Å². The van der Waals surface area contributed by atoms with Gasteiger partial charge in [-0.25, -0.2) is 13.6 Å². The second kappa shape index (κ2) is 7.00. The molecule has 4 nitrogen and oxygen atoms in total. The van der Waals surface area contributed by atoms with Crippen molar-refractivity contribution >= 4 is 17.6 Å². The van der Waals surface area contributed by atoms with Crippen molar-refractivity contribution in [2.24, 2.45) is 0 Å². The first-order valence-electron chi connectivity index (χ1n) is 6.87. The van der Waals surface area contributed by atoms with Crippen LogP contribution in [0.15, 0.2) is 48.5 Å². The summed E-state index contributed by atoms with van der Waals surface area (Å²) in [7, 11) is 1.19. The Morgan fingerprint density at radius 1 is 1.04 bits per heavy atom. The Kier molecular flexibility index (Phi) is 5.05. The second-order valence-electron chi connectivity index (χ2n) is 4.84. The molecule has 0 aliphatic carbocycles. The number of benzene rings is 2. The van der Waals surface area contributed by atoms with Gasteiger partial charge >= 0.3 is 5.97 Å². The Morgan fingerprint density at radius 3 is 2.26 bits per heavy atom. The molecule has 0 fully saturated rings. The molecule has 0 heterocycles. The van der Waals surface area contributed by atoms with Crippen LogP contribution in [0.1, 0.15) is 17.3 Å². The van der Waals surface area contributed by atoms with Gasteiger partial charge in [0, 0.05) is 17.3 Å². The summed E-state index contributed by atoms with van der Waals surface area (Å²) in [5, 5.41) is 0. The highest BCUT2D eigenvalue weighted by molar-refractivity contribution is 6.09. The summed E-state index contributed by atoms with van der Waals surface area (Å²) in [5.41, 5.74) is 0.378. The van der Waals surface area contributed by atoms with Gasteiger partial charge in [0.2, 0.25) is 0 Å². The fraction of sp³-hybridized carbons (Fsp3) is 0.176. The van der Waals surface area contributed by atoms with E-state index in [0.717, 1.165) is 17.0 Å². The number of carbonyl (C=O) groups is 2. The number of hydrogen-bond acceptors (Lipinski definition) is 3. The summed E-state index contributed by atoms with van der Waals surface area (Å²) in [6.45, 7) is 1.45. The lowest BCUT2D eigenvalue weighted by Crippen LogP contribution is -2.44. The van der Waals surface area contributed by atoms with E-state index in [0.29, 0.717) is 5.56 Å². The number of methoxy groups -OCH3 is 1. The lowest BCUT2D eigenvalue weighted by molar-refractivity contribution is -0.141. The van der Waals surface area contributed by atoms with Crippen LogP contribution in [0.4, 0.5) is 14.5 Å². The molecule has 0 saturated heterocycles. The van der Waals surface area contributed by atoms with Crippen molar-refractivity contribution < 1.29 is 23.1 Å². The van der Waals surface area contributed by atoms with Gasteiger partial charge < -0.3 is 4.74 Å². The highest BCUT2D eigenvalue weighted by atomic mass is 19.2. The van der Waals surface area contributed by atoms with Gasteiger partial charge in [0.15, 0.2) is 11.6 Å². The number of rotatable bonds is 4. The number of carbonyl (C=O) groups excluding carboxylic acids is 2. The fourth-order valence-electron chi connectivity index (χ4n) is 2.15. The van der Waals surface area contributed by atoms with Crippen LogP contribution in [-0.2, 0) is 9.53 Å². The Morgan fingerprint density at radius 2 is 1.70 bits per heavy atom. The number of hydrogen-bond donors (Lipinski definition) is 0. The fourth-order valence-corrected chi connectivity index (χ4v) is 2.15. The largest absolute Gasteiger partial charge is 0.467 e. The number of anilines is 1. The molecule has 120 valence electrons. The zero-order chi connectivity index (χ0) is 17.0. The minimum absolute atomic E-state index is 0.0654. The number of nitrogens with zero attached hydrogens (tertiary/aromatic N) is 1. The lowest BCUT2D eigenvalue weighted by Gasteiger charge is -2.27. The van der Waals surface area contributed by atoms with Crippen LogP contribution >= 0.6 is 0 Å². The van der Waals surface area contributed by atoms with Crippen molar-refractivity contribution in [3.8, 4) is 0 Å². The summed E-state index contributed by atoms with van der Waals surface area (Å²) in [4.78, 5) is 25.6.